The van der Waals surface area contributed by atoms with Gasteiger partial charge in [-0.05, 0) is 44.8 Å². The molecule has 0 aromatic carbocycles. The van der Waals surface area contributed by atoms with Crippen molar-refractivity contribution < 1.29 is 9.53 Å². The highest BCUT2D eigenvalue weighted by Crippen LogP contribution is 2.13. The van der Waals surface area contributed by atoms with Gasteiger partial charge in [0.25, 0.3) is 0 Å². The van der Waals surface area contributed by atoms with Crippen LogP contribution in [0.3, 0.4) is 0 Å². The molecule has 5 heteroatoms. The van der Waals surface area contributed by atoms with Crippen molar-refractivity contribution in [2.45, 2.75) is 32.3 Å². The molecular formula is C14H27N3O2. The van der Waals surface area contributed by atoms with E-state index in [0.29, 0.717) is 12.5 Å². The Hall–Kier alpha value is -0.650. The Labute approximate surface area is 116 Å². The molecule has 2 heterocycles. The number of nitrogens with one attached hydrogen (secondary N) is 2. The summed E-state index contributed by atoms with van der Waals surface area (Å²) in [5, 5.41) is 6.43. The van der Waals surface area contributed by atoms with Crippen molar-refractivity contribution in [3.63, 3.8) is 0 Å². The number of likely N-dealkylation sites (N-methyl/N-ethyl adjacent to an activating group) is 1. The van der Waals surface area contributed by atoms with Gasteiger partial charge in [0, 0.05) is 19.6 Å². The minimum atomic E-state index is -0.279. The third kappa shape index (κ3) is 4.75. The molecule has 2 N–H and O–H groups in total. The summed E-state index contributed by atoms with van der Waals surface area (Å²) in [6.45, 7) is 8.46. The summed E-state index contributed by atoms with van der Waals surface area (Å²) in [5.74, 6) is 0.774. The maximum Gasteiger partial charge on any atom is 0.250 e. The van der Waals surface area contributed by atoms with Crippen LogP contribution in [0.4, 0.5) is 0 Å². The predicted octanol–water partition coefficient (Wildman–Crippen LogP) is 0.213. The van der Waals surface area contributed by atoms with E-state index in [-0.39, 0.29) is 12.0 Å². The zero-order valence-corrected chi connectivity index (χ0v) is 12.0. The van der Waals surface area contributed by atoms with Crippen molar-refractivity contribution in [2.24, 2.45) is 5.92 Å². The molecule has 0 aromatic heterocycles. The predicted molar refractivity (Wildman–Crippen MR) is 75.1 cm³/mol. The van der Waals surface area contributed by atoms with Crippen LogP contribution >= 0.6 is 0 Å². The van der Waals surface area contributed by atoms with Crippen LogP contribution in [-0.2, 0) is 9.53 Å². The Balaban J connectivity index is 1.63. The number of morpholine rings is 1. The van der Waals surface area contributed by atoms with Gasteiger partial charge in [-0.25, -0.2) is 0 Å². The van der Waals surface area contributed by atoms with Gasteiger partial charge in [-0.15, -0.1) is 0 Å². The molecule has 0 aliphatic carbocycles. The van der Waals surface area contributed by atoms with Crippen molar-refractivity contribution in [1.82, 2.24) is 15.5 Å². The fourth-order valence-electron chi connectivity index (χ4n) is 2.83. The summed E-state index contributed by atoms with van der Waals surface area (Å²) in [7, 11) is 0. The van der Waals surface area contributed by atoms with Crippen LogP contribution in [0.2, 0.25) is 0 Å². The normalized spacial score (nSPS) is 29.1. The molecule has 19 heavy (non-hydrogen) atoms. The molecule has 0 aromatic rings. The molecule has 110 valence electrons. The van der Waals surface area contributed by atoms with Crippen molar-refractivity contribution >= 4 is 5.91 Å². The van der Waals surface area contributed by atoms with Gasteiger partial charge in [-0.2, -0.15) is 0 Å². The van der Waals surface area contributed by atoms with Gasteiger partial charge >= 0.3 is 0 Å². The lowest BCUT2D eigenvalue weighted by molar-refractivity contribution is -0.138. The van der Waals surface area contributed by atoms with Gasteiger partial charge in [-0.1, -0.05) is 6.92 Å². The number of nitrogens with zero attached hydrogens (tertiary/aromatic N) is 1. The summed E-state index contributed by atoms with van der Waals surface area (Å²) in [6.07, 6.45) is 3.34. The molecule has 2 rings (SSSR count). The molecule has 0 spiro atoms. The summed E-state index contributed by atoms with van der Waals surface area (Å²) in [6, 6.07) is 0. The minimum Gasteiger partial charge on any atom is -0.366 e. The Kier molecular flexibility index (Phi) is 6.07. The molecule has 5 nitrogen and oxygen atoms in total. The van der Waals surface area contributed by atoms with Crippen LogP contribution in [0.5, 0.6) is 0 Å². The summed E-state index contributed by atoms with van der Waals surface area (Å²) in [5.41, 5.74) is 0. The number of carbonyl (C=O) groups excluding carboxylic acids is 1. The molecule has 0 radical (unpaired) electrons. The number of amides is 1. The molecule has 2 saturated heterocycles. The van der Waals surface area contributed by atoms with E-state index >= 15 is 0 Å². The molecule has 0 saturated carbocycles. The van der Waals surface area contributed by atoms with Gasteiger partial charge in [0.2, 0.25) is 5.91 Å². The van der Waals surface area contributed by atoms with E-state index in [1.165, 1.54) is 12.8 Å². The number of hydrogen-bond acceptors (Lipinski definition) is 4. The zero-order valence-electron chi connectivity index (χ0n) is 12.0. The molecule has 2 aliphatic rings. The first kappa shape index (κ1) is 14.8. The number of hydrogen-bond donors (Lipinski definition) is 2. The maximum absolute atomic E-state index is 12.0. The molecular weight excluding hydrogens is 242 g/mol. The first-order valence-corrected chi connectivity index (χ1v) is 7.62. The second-order valence-electron chi connectivity index (χ2n) is 5.54. The smallest absolute Gasteiger partial charge is 0.250 e. The molecule has 2 atom stereocenters. The van der Waals surface area contributed by atoms with Gasteiger partial charge in [0.05, 0.1) is 6.61 Å². The van der Waals surface area contributed by atoms with E-state index in [4.69, 9.17) is 4.74 Å². The lowest BCUT2D eigenvalue weighted by Gasteiger charge is -2.31. The first-order chi connectivity index (χ1) is 9.29. The summed E-state index contributed by atoms with van der Waals surface area (Å²) in [4.78, 5) is 14.3. The highest BCUT2D eigenvalue weighted by molar-refractivity contribution is 5.81. The highest BCUT2D eigenvalue weighted by atomic mass is 16.5. The average molecular weight is 269 g/mol. The molecule has 2 unspecified atom stereocenters. The standard InChI is InChI=1S/C14H27N3O2/c1-2-17-8-9-19-13(11-17)14(18)16-7-5-12-4-3-6-15-10-12/h12-13,15H,2-11H2,1H3,(H,16,18). The fourth-order valence-corrected chi connectivity index (χ4v) is 2.83. The lowest BCUT2D eigenvalue weighted by Crippen LogP contribution is -2.50. The monoisotopic (exact) mass is 269 g/mol. The lowest BCUT2D eigenvalue weighted by atomic mass is 9.96. The van der Waals surface area contributed by atoms with E-state index in [1.54, 1.807) is 0 Å². The van der Waals surface area contributed by atoms with E-state index in [1.807, 2.05) is 0 Å². The van der Waals surface area contributed by atoms with E-state index < -0.39 is 0 Å². The maximum atomic E-state index is 12.0. The Morgan fingerprint density at radius 3 is 3.16 bits per heavy atom. The second kappa shape index (κ2) is 7.82. The third-order valence-corrected chi connectivity index (χ3v) is 4.14. The second-order valence-corrected chi connectivity index (χ2v) is 5.54. The third-order valence-electron chi connectivity index (χ3n) is 4.14. The van der Waals surface area contributed by atoms with Crippen molar-refractivity contribution in [1.29, 1.82) is 0 Å². The molecule has 0 bridgehead atoms. The summed E-state index contributed by atoms with van der Waals surface area (Å²) >= 11 is 0. The van der Waals surface area contributed by atoms with E-state index in [2.05, 4.69) is 22.5 Å². The van der Waals surface area contributed by atoms with E-state index in [0.717, 1.165) is 45.7 Å². The molecule has 2 fully saturated rings. The van der Waals surface area contributed by atoms with Crippen LogP contribution in [0.15, 0.2) is 0 Å². The van der Waals surface area contributed by atoms with Crippen molar-refractivity contribution in [2.75, 3.05) is 45.9 Å². The Morgan fingerprint density at radius 1 is 1.53 bits per heavy atom. The van der Waals surface area contributed by atoms with Gasteiger partial charge < -0.3 is 15.4 Å². The van der Waals surface area contributed by atoms with E-state index in [9.17, 15) is 4.79 Å². The van der Waals surface area contributed by atoms with Crippen LogP contribution < -0.4 is 10.6 Å². The number of rotatable bonds is 5. The minimum absolute atomic E-state index is 0.0573. The van der Waals surface area contributed by atoms with Gasteiger partial charge in [-0.3, -0.25) is 9.69 Å². The highest BCUT2D eigenvalue weighted by Gasteiger charge is 2.25. The van der Waals surface area contributed by atoms with Crippen LogP contribution in [0.1, 0.15) is 26.2 Å². The topological polar surface area (TPSA) is 53.6 Å². The number of ether oxygens (including phenoxy) is 1. The number of carbonyl (C=O) groups is 1. The largest absolute Gasteiger partial charge is 0.366 e. The van der Waals surface area contributed by atoms with Crippen molar-refractivity contribution in [3.05, 3.63) is 0 Å². The fraction of sp³-hybridized carbons (Fsp3) is 0.929. The van der Waals surface area contributed by atoms with Crippen LogP contribution in [0, 0.1) is 5.92 Å². The Morgan fingerprint density at radius 2 is 2.42 bits per heavy atom. The quantitative estimate of drug-likeness (QED) is 0.749. The van der Waals surface area contributed by atoms with Crippen LogP contribution in [0.25, 0.3) is 0 Å². The Bertz CT molecular complexity index is 280. The van der Waals surface area contributed by atoms with Gasteiger partial charge in [0.15, 0.2) is 0 Å². The zero-order chi connectivity index (χ0) is 13.5. The summed E-state index contributed by atoms with van der Waals surface area (Å²) < 4.78 is 5.55. The van der Waals surface area contributed by atoms with Gasteiger partial charge in [0.1, 0.15) is 6.10 Å². The van der Waals surface area contributed by atoms with Crippen LogP contribution in [-0.4, -0.2) is 62.8 Å². The average Bonchev–Trinajstić information content (AvgIpc) is 2.48. The number of piperidine rings is 1. The SMILES string of the molecule is CCN1CCOC(C(=O)NCCC2CCCNC2)C1. The van der Waals surface area contributed by atoms with Crippen molar-refractivity contribution in [3.8, 4) is 0 Å². The molecule has 2 aliphatic heterocycles. The molecule has 1 amide bonds. The first-order valence-electron chi connectivity index (χ1n) is 7.62.